The smallest absolute Gasteiger partial charge is 0.261 e. The van der Waals surface area contributed by atoms with Crippen molar-refractivity contribution in [2.24, 2.45) is 0 Å². The standard InChI is InChI=1S/C27H26N4O3/c1-4-21-25(19-8-6-5-7-9-19)26-28-17-20-22(31(26)29-21)13-15-30(27(20)32)14-12-18-10-11-23(33-2)24(16-18)34-3/h5-11,13,15-17H,4,12,14H2,1-3H3. The fourth-order valence-electron chi connectivity index (χ4n) is 4.36. The van der Waals surface area contributed by atoms with Gasteiger partial charge in [0.25, 0.3) is 5.56 Å². The topological polar surface area (TPSA) is 70.7 Å². The number of methoxy groups -OCH3 is 2. The third kappa shape index (κ3) is 3.69. The lowest BCUT2D eigenvalue weighted by atomic mass is 10.0. The van der Waals surface area contributed by atoms with Gasteiger partial charge in [-0.1, -0.05) is 43.3 Å². The molecule has 0 radical (unpaired) electrons. The number of hydrogen-bond acceptors (Lipinski definition) is 5. The lowest BCUT2D eigenvalue weighted by Gasteiger charge is -2.11. The van der Waals surface area contributed by atoms with E-state index in [-0.39, 0.29) is 5.56 Å². The van der Waals surface area contributed by atoms with E-state index < -0.39 is 0 Å². The summed E-state index contributed by atoms with van der Waals surface area (Å²) in [5.41, 5.74) is 5.55. The maximum absolute atomic E-state index is 13.3. The normalized spacial score (nSPS) is 11.3. The van der Waals surface area contributed by atoms with Crippen LogP contribution in [0.25, 0.3) is 27.7 Å². The fraction of sp³-hybridized carbons (Fsp3) is 0.222. The number of fused-ring (bicyclic) bond motifs is 3. The van der Waals surface area contributed by atoms with Crippen LogP contribution in [-0.2, 0) is 19.4 Å². The molecule has 0 unspecified atom stereocenters. The quantitative estimate of drug-likeness (QED) is 0.361. The van der Waals surface area contributed by atoms with Crippen LogP contribution in [0.3, 0.4) is 0 Å². The Balaban J connectivity index is 1.53. The Bertz CT molecular complexity index is 1540. The van der Waals surface area contributed by atoms with Crippen molar-refractivity contribution in [1.29, 1.82) is 0 Å². The van der Waals surface area contributed by atoms with Crippen molar-refractivity contribution < 1.29 is 9.47 Å². The van der Waals surface area contributed by atoms with Crippen LogP contribution in [0.15, 0.2) is 71.8 Å². The van der Waals surface area contributed by atoms with E-state index >= 15 is 0 Å². The van der Waals surface area contributed by atoms with E-state index in [9.17, 15) is 4.79 Å². The molecule has 0 fully saturated rings. The van der Waals surface area contributed by atoms with Crippen LogP contribution in [0.2, 0.25) is 0 Å². The van der Waals surface area contributed by atoms with Gasteiger partial charge in [-0.25, -0.2) is 9.50 Å². The summed E-state index contributed by atoms with van der Waals surface area (Å²) >= 11 is 0. The molecule has 34 heavy (non-hydrogen) atoms. The van der Waals surface area contributed by atoms with Gasteiger partial charge >= 0.3 is 0 Å². The van der Waals surface area contributed by atoms with Crippen LogP contribution in [-0.4, -0.2) is 33.4 Å². The molecule has 0 atom stereocenters. The molecule has 0 amide bonds. The Morgan fingerprint density at radius 2 is 1.76 bits per heavy atom. The number of rotatable bonds is 7. The molecule has 0 spiro atoms. The molecule has 3 aromatic heterocycles. The van der Waals surface area contributed by atoms with Crippen molar-refractivity contribution in [2.75, 3.05) is 14.2 Å². The lowest BCUT2D eigenvalue weighted by molar-refractivity contribution is 0.354. The van der Waals surface area contributed by atoms with Gasteiger partial charge in [-0.2, -0.15) is 5.10 Å². The number of nitrogens with zero attached hydrogens (tertiary/aromatic N) is 4. The minimum absolute atomic E-state index is 0.0813. The van der Waals surface area contributed by atoms with Gasteiger partial charge in [-0.05, 0) is 42.2 Å². The molecule has 0 aliphatic carbocycles. The van der Waals surface area contributed by atoms with Crippen LogP contribution in [0.4, 0.5) is 0 Å². The van der Waals surface area contributed by atoms with Crippen LogP contribution in [0, 0.1) is 0 Å². The summed E-state index contributed by atoms with van der Waals surface area (Å²) < 4.78 is 14.2. The summed E-state index contributed by atoms with van der Waals surface area (Å²) in [7, 11) is 3.23. The Labute approximate surface area is 197 Å². The maximum atomic E-state index is 13.3. The van der Waals surface area contributed by atoms with Gasteiger partial charge in [0.15, 0.2) is 17.1 Å². The molecule has 172 valence electrons. The first-order valence-corrected chi connectivity index (χ1v) is 11.3. The highest BCUT2D eigenvalue weighted by Gasteiger charge is 2.17. The minimum Gasteiger partial charge on any atom is -0.493 e. The Hall–Kier alpha value is -4.13. The molecule has 0 saturated heterocycles. The third-order valence-corrected chi connectivity index (χ3v) is 6.14. The molecule has 0 aliphatic heterocycles. The molecule has 0 aliphatic rings. The van der Waals surface area contributed by atoms with E-state index in [0.717, 1.165) is 40.0 Å². The summed E-state index contributed by atoms with van der Waals surface area (Å²) in [5.74, 6) is 1.36. The second-order valence-electron chi connectivity index (χ2n) is 8.09. The first-order chi connectivity index (χ1) is 16.6. The van der Waals surface area contributed by atoms with Crippen LogP contribution >= 0.6 is 0 Å². The van der Waals surface area contributed by atoms with Gasteiger partial charge in [-0.15, -0.1) is 0 Å². The van der Waals surface area contributed by atoms with E-state index in [1.54, 1.807) is 29.5 Å². The molecule has 0 saturated carbocycles. The average molecular weight is 455 g/mol. The van der Waals surface area contributed by atoms with Crippen molar-refractivity contribution >= 4 is 16.6 Å². The van der Waals surface area contributed by atoms with E-state index in [1.165, 1.54) is 0 Å². The molecule has 5 rings (SSSR count). The Kier molecular flexibility index (Phi) is 5.76. The molecule has 7 heteroatoms. The van der Waals surface area contributed by atoms with E-state index in [1.807, 2.05) is 48.7 Å². The number of aryl methyl sites for hydroxylation is 3. The summed E-state index contributed by atoms with van der Waals surface area (Å²) in [6.07, 6.45) is 4.96. The summed E-state index contributed by atoms with van der Waals surface area (Å²) in [5, 5.41) is 5.36. The van der Waals surface area contributed by atoms with Crippen molar-refractivity contribution in [3.63, 3.8) is 0 Å². The number of benzene rings is 2. The highest BCUT2D eigenvalue weighted by atomic mass is 16.5. The number of ether oxygens (including phenoxy) is 2. The van der Waals surface area contributed by atoms with E-state index in [0.29, 0.717) is 29.9 Å². The SMILES string of the molecule is CCc1nn2c(ncc3c(=O)n(CCc4ccc(OC)c(OC)c4)ccc32)c1-c1ccccc1. The monoisotopic (exact) mass is 454 g/mol. The molecular formula is C27H26N4O3. The second-order valence-corrected chi connectivity index (χ2v) is 8.09. The summed E-state index contributed by atoms with van der Waals surface area (Å²) in [6.45, 7) is 2.62. The molecular weight excluding hydrogens is 428 g/mol. The van der Waals surface area contributed by atoms with Crippen LogP contribution < -0.4 is 15.0 Å². The zero-order valence-electron chi connectivity index (χ0n) is 19.5. The second kappa shape index (κ2) is 9.02. The number of hydrogen-bond donors (Lipinski definition) is 0. The van der Waals surface area contributed by atoms with Gasteiger partial charge in [0.05, 0.1) is 30.8 Å². The number of pyridine rings is 1. The predicted octanol–water partition coefficient (Wildman–Crippen LogP) is 4.53. The molecule has 5 aromatic rings. The van der Waals surface area contributed by atoms with Gasteiger partial charge in [0.1, 0.15) is 0 Å². The Morgan fingerprint density at radius 1 is 0.971 bits per heavy atom. The van der Waals surface area contributed by atoms with Gasteiger partial charge in [0, 0.05) is 24.5 Å². The van der Waals surface area contributed by atoms with Gasteiger partial charge < -0.3 is 14.0 Å². The first kappa shape index (κ1) is 21.7. The van der Waals surface area contributed by atoms with E-state index in [4.69, 9.17) is 14.6 Å². The van der Waals surface area contributed by atoms with Crippen molar-refractivity contribution in [3.05, 3.63) is 88.6 Å². The number of aromatic nitrogens is 4. The highest BCUT2D eigenvalue weighted by molar-refractivity contribution is 5.86. The third-order valence-electron chi connectivity index (χ3n) is 6.14. The van der Waals surface area contributed by atoms with Crippen LogP contribution in [0.1, 0.15) is 18.2 Å². The highest BCUT2D eigenvalue weighted by Crippen LogP contribution is 2.30. The zero-order chi connectivity index (χ0) is 23.7. The molecule has 2 aromatic carbocycles. The molecule has 0 N–H and O–H groups in total. The lowest BCUT2D eigenvalue weighted by Crippen LogP contribution is -2.21. The summed E-state index contributed by atoms with van der Waals surface area (Å²) in [4.78, 5) is 18.0. The van der Waals surface area contributed by atoms with Crippen molar-refractivity contribution in [3.8, 4) is 22.6 Å². The minimum atomic E-state index is -0.0813. The van der Waals surface area contributed by atoms with Crippen molar-refractivity contribution in [2.45, 2.75) is 26.3 Å². The van der Waals surface area contributed by atoms with Gasteiger partial charge in [0.2, 0.25) is 0 Å². The molecule has 3 heterocycles. The van der Waals surface area contributed by atoms with Crippen LogP contribution in [0.5, 0.6) is 11.5 Å². The van der Waals surface area contributed by atoms with E-state index in [2.05, 4.69) is 24.0 Å². The largest absolute Gasteiger partial charge is 0.493 e. The summed E-state index contributed by atoms with van der Waals surface area (Å²) in [6, 6.07) is 17.9. The molecule has 7 nitrogen and oxygen atoms in total. The predicted molar refractivity (Wildman–Crippen MR) is 133 cm³/mol. The first-order valence-electron chi connectivity index (χ1n) is 11.3. The van der Waals surface area contributed by atoms with Crippen molar-refractivity contribution in [1.82, 2.24) is 19.2 Å². The zero-order valence-corrected chi connectivity index (χ0v) is 19.5. The molecule has 0 bridgehead atoms. The Morgan fingerprint density at radius 3 is 2.50 bits per heavy atom. The fourth-order valence-corrected chi connectivity index (χ4v) is 4.36. The maximum Gasteiger partial charge on any atom is 0.261 e. The van der Waals surface area contributed by atoms with Gasteiger partial charge in [-0.3, -0.25) is 4.79 Å². The average Bonchev–Trinajstić information content (AvgIpc) is 3.27.